The Labute approximate surface area is 178 Å². The Balaban J connectivity index is 1.53. The molecule has 4 heterocycles. The lowest BCUT2D eigenvalue weighted by Crippen LogP contribution is -2.26. The van der Waals surface area contributed by atoms with Crippen LogP contribution >= 0.6 is 0 Å². The average Bonchev–Trinajstić information content (AvgIpc) is 2.80. The summed E-state index contributed by atoms with van der Waals surface area (Å²) < 4.78 is 13.7. The number of hydrogen-bond acceptors (Lipinski definition) is 5. The monoisotopic (exact) mass is 415 g/mol. The molecule has 4 aromatic rings. The van der Waals surface area contributed by atoms with Crippen LogP contribution < -0.4 is 16.2 Å². The van der Waals surface area contributed by atoms with Gasteiger partial charge in [0.1, 0.15) is 5.82 Å². The zero-order valence-corrected chi connectivity index (χ0v) is 16.9. The number of fused-ring (bicyclic) bond motifs is 1. The molecule has 0 spiro atoms. The van der Waals surface area contributed by atoms with Crippen molar-refractivity contribution in [1.82, 2.24) is 20.3 Å². The molecule has 3 aromatic heterocycles. The van der Waals surface area contributed by atoms with Gasteiger partial charge in [-0.1, -0.05) is 18.2 Å². The number of aromatic nitrogens is 3. The summed E-state index contributed by atoms with van der Waals surface area (Å²) in [6.45, 7) is 2.09. The first kappa shape index (κ1) is 19.4. The fourth-order valence-electron chi connectivity index (χ4n) is 4.12. The van der Waals surface area contributed by atoms with Crippen molar-refractivity contribution in [2.45, 2.75) is 18.8 Å². The van der Waals surface area contributed by atoms with Crippen LogP contribution in [0.4, 0.5) is 15.9 Å². The van der Waals surface area contributed by atoms with Crippen molar-refractivity contribution in [1.29, 1.82) is 0 Å². The predicted molar refractivity (Wildman–Crippen MR) is 120 cm³/mol. The highest BCUT2D eigenvalue weighted by Gasteiger charge is 2.16. The summed E-state index contributed by atoms with van der Waals surface area (Å²) in [5.74, 6) is 0.405. The number of nitrogens with one attached hydrogen (secondary N) is 3. The van der Waals surface area contributed by atoms with Crippen LogP contribution in [0.2, 0.25) is 0 Å². The van der Waals surface area contributed by atoms with Crippen LogP contribution in [0.15, 0.2) is 65.6 Å². The van der Waals surface area contributed by atoms with Crippen LogP contribution in [0.1, 0.15) is 24.3 Å². The Morgan fingerprint density at radius 3 is 2.55 bits per heavy atom. The summed E-state index contributed by atoms with van der Waals surface area (Å²) in [4.78, 5) is 23.8. The Kier molecular flexibility index (Phi) is 5.18. The third kappa shape index (κ3) is 4.04. The minimum atomic E-state index is -0.576. The molecular weight excluding hydrogens is 393 g/mol. The largest absolute Gasteiger partial charge is 0.340 e. The molecule has 1 saturated heterocycles. The minimum absolute atomic E-state index is 0.238. The summed E-state index contributed by atoms with van der Waals surface area (Å²) >= 11 is 0. The molecule has 0 bridgehead atoms. The first-order chi connectivity index (χ1) is 15.2. The second-order valence-corrected chi connectivity index (χ2v) is 7.74. The van der Waals surface area contributed by atoms with E-state index in [-0.39, 0.29) is 5.56 Å². The van der Waals surface area contributed by atoms with Gasteiger partial charge in [0.25, 0.3) is 5.56 Å². The van der Waals surface area contributed by atoms with Gasteiger partial charge in [0.05, 0.1) is 16.8 Å². The summed E-state index contributed by atoms with van der Waals surface area (Å²) in [6.07, 6.45) is 3.86. The van der Waals surface area contributed by atoms with Crippen LogP contribution in [-0.4, -0.2) is 28.0 Å². The molecule has 7 heteroatoms. The standard InChI is InChI=1S/C24H22FN5O/c25-21-3-1-2-19(29-21)20-14-17-10-13-27-24(31)22(17)23(30-20)28-18-6-4-15(5-7-18)16-8-11-26-12-9-16/h1-7,10,13-14,16,26H,8-9,11-12H2,(H,27,31)(H,28,30). The summed E-state index contributed by atoms with van der Waals surface area (Å²) in [5, 5.41) is 7.82. The van der Waals surface area contributed by atoms with Crippen molar-refractivity contribution in [2.24, 2.45) is 0 Å². The Morgan fingerprint density at radius 2 is 1.77 bits per heavy atom. The molecule has 0 unspecified atom stereocenters. The summed E-state index contributed by atoms with van der Waals surface area (Å²) in [5.41, 5.74) is 2.81. The molecule has 0 saturated carbocycles. The van der Waals surface area contributed by atoms with Crippen molar-refractivity contribution in [3.05, 3.63) is 82.7 Å². The third-order valence-corrected chi connectivity index (χ3v) is 5.72. The van der Waals surface area contributed by atoms with Gasteiger partial charge in [0.15, 0.2) is 0 Å². The zero-order valence-electron chi connectivity index (χ0n) is 16.9. The quantitative estimate of drug-likeness (QED) is 0.432. The van der Waals surface area contributed by atoms with Gasteiger partial charge in [-0.2, -0.15) is 4.39 Å². The van der Waals surface area contributed by atoms with Gasteiger partial charge >= 0.3 is 0 Å². The molecule has 0 atom stereocenters. The van der Waals surface area contributed by atoms with Gasteiger partial charge in [-0.25, -0.2) is 9.97 Å². The second-order valence-electron chi connectivity index (χ2n) is 7.74. The molecule has 1 fully saturated rings. The molecule has 3 N–H and O–H groups in total. The fraction of sp³-hybridized carbons (Fsp3) is 0.208. The molecule has 1 aliphatic rings. The number of anilines is 2. The Morgan fingerprint density at radius 1 is 0.968 bits per heavy atom. The maximum Gasteiger partial charge on any atom is 0.259 e. The Hall–Kier alpha value is -3.58. The number of hydrogen-bond donors (Lipinski definition) is 3. The van der Waals surface area contributed by atoms with Crippen molar-refractivity contribution >= 4 is 22.3 Å². The summed E-state index contributed by atoms with van der Waals surface area (Å²) in [7, 11) is 0. The van der Waals surface area contributed by atoms with E-state index in [4.69, 9.17) is 0 Å². The SMILES string of the molecule is O=c1[nH]ccc2cc(-c3cccc(F)n3)nc(Nc3ccc(C4CCNCC4)cc3)c12. The molecule has 31 heavy (non-hydrogen) atoms. The molecular formula is C24H22FN5O. The number of H-pyrrole nitrogens is 1. The maximum atomic E-state index is 13.7. The third-order valence-electron chi connectivity index (χ3n) is 5.72. The van der Waals surface area contributed by atoms with Gasteiger partial charge in [0, 0.05) is 11.9 Å². The normalized spacial score (nSPS) is 14.6. The van der Waals surface area contributed by atoms with Gasteiger partial charge in [0.2, 0.25) is 5.95 Å². The molecule has 1 aromatic carbocycles. The van der Waals surface area contributed by atoms with Crippen molar-refractivity contribution < 1.29 is 4.39 Å². The first-order valence-electron chi connectivity index (χ1n) is 10.4. The number of piperidine rings is 1. The van der Waals surface area contributed by atoms with E-state index in [9.17, 15) is 9.18 Å². The van der Waals surface area contributed by atoms with Crippen LogP contribution in [0.5, 0.6) is 0 Å². The van der Waals surface area contributed by atoms with E-state index >= 15 is 0 Å². The lowest BCUT2D eigenvalue weighted by atomic mass is 9.90. The van der Waals surface area contributed by atoms with Gasteiger partial charge in [-0.3, -0.25) is 4.79 Å². The van der Waals surface area contributed by atoms with Crippen molar-refractivity contribution in [3.8, 4) is 11.4 Å². The number of rotatable bonds is 4. The van der Waals surface area contributed by atoms with E-state index in [1.54, 1.807) is 30.5 Å². The average molecular weight is 415 g/mol. The number of aromatic amines is 1. The zero-order chi connectivity index (χ0) is 21.2. The highest BCUT2D eigenvalue weighted by Crippen LogP contribution is 2.29. The van der Waals surface area contributed by atoms with Crippen LogP contribution in [0, 0.1) is 5.95 Å². The van der Waals surface area contributed by atoms with Gasteiger partial charge < -0.3 is 15.6 Å². The molecule has 5 rings (SSSR count). The van der Waals surface area contributed by atoms with Crippen LogP contribution in [-0.2, 0) is 0 Å². The van der Waals surface area contributed by atoms with Crippen molar-refractivity contribution in [3.63, 3.8) is 0 Å². The van der Waals surface area contributed by atoms with E-state index in [1.165, 1.54) is 11.6 Å². The lowest BCUT2D eigenvalue weighted by molar-refractivity contribution is 0.460. The smallest absolute Gasteiger partial charge is 0.259 e. The Bertz CT molecular complexity index is 1280. The lowest BCUT2D eigenvalue weighted by Gasteiger charge is -2.23. The van der Waals surface area contributed by atoms with E-state index in [0.29, 0.717) is 33.9 Å². The number of halogens is 1. The van der Waals surface area contributed by atoms with Crippen LogP contribution in [0.25, 0.3) is 22.2 Å². The number of nitrogens with zero attached hydrogens (tertiary/aromatic N) is 2. The molecule has 6 nitrogen and oxygen atoms in total. The summed E-state index contributed by atoms with van der Waals surface area (Å²) in [6, 6.07) is 16.4. The fourth-order valence-corrected chi connectivity index (χ4v) is 4.12. The van der Waals surface area contributed by atoms with E-state index < -0.39 is 5.95 Å². The number of pyridine rings is 3. The van der Waals surface area contributed by atoms with Crippen molar-refractivity contribution in [2.75, 3.05) is 18.4 Å². The minimum Gasteiger partial charge on any atom is -0.340 e. The molecule has 0 amide bonds. The van der Waals surface area contributed by atoms with Gasteiger partial charge in [-0.15, -0.1) is 0 Å². The van der Waals surface area contributed by atoms with E-state index in [2.05, 4.69) is 37.7 Å². The first-order valence-corrected chi connectivity index (χ1v) is 10.4. The number of benzene rings is 1. The molecule has 0 aliphatic carbocycles. The van der Waals surface area contributed by atoms with E-state index in [1.807, 2.05) is 12.1 Å². The highest BCUT2D eigenvalue weighted by molar-refractivity contribution is 5.94. The molecule has 0 radical (unpaired) electrons. The topological polar surface area (TPSA) is 82.7 Å². The molecule has 156 valence electrons. The molecule has 1 aliphatic heterocycles. The van der Waals surface area contributed by atoms with Crippen LogP contribution in [0.3, 0.4) is 0 Å². The van der Waals surface area contributed by atoms with E-state index in [0.717, 1.165) is 31.6 Å². The second kappa shape index (κ2) is 8.28. The van der Waals surface area contributed by atoms with Gasteiger partial charge in [-0.05, 0) is 79.2 Å². The predicted octanol–water partition coefficient (Wildman–Crippen LogP) is 4.33. The maximum absolute atomic E-state index is 13.7. The highest BCUT2D eigenvalue weighted by atomic mass is 19.1.